The van der Waals surface area contributed by atoms with Crippen molar-refractivity contribution in [2.75, 3.05) is 17.2 Å². The molecule has 34 heavy (non-hydrogen) atoms. The summed E-state index contributed by atoms with van der Waals surface area (Å²) in [6.45, 7) is 3.33. The molecule has 0 bridgehead atoms. The van der Waals surface area contributed by atoms with E-state index in [1.54, 1.807) is 38.1 Å². The molecule has 0 aromatic heterocycles. The third kappa shape index (κ3) is 4.03. The molecule has 7 nitrogen and oxygen atoms in total. The van der Waals surface area contributed by atoms with Gasteiger partial charge >= 0.3 is 0 Å². The van der Waals surface area contributed by atoms with Crippen molar-refractivity contribution in [2.24, 2.45) is 5.92 Å². The number of fused-ring (bicyclic) bond motifs is 2. The van der Waals surface area contributed by atoms with Crippen LogP contribution in [0, 0.1) is 28.9 Å². The summed E-state index contributed by atoms with van der Waals surface area (Å²) in [4.78, 5) is 40.8. The molecular formula is C25H22F2N4O3. The lowest BCUT2D eigenvalue weighted by atomic mass is 9.80. The molecule has 2 aromatic rings. The lowest BCUT2D eigenvalue weighted by Gasteiger charge is -2.25. The second kappa shape index (κ2) is 8.71. The number of hydrogen-bond donors (Lipinski definition) is 2. The minimum absolute atomic E-state index is 0.0676. The van der Waals surface area contributed by atoms with E-state index in [2.05, 4.69) is 16.7 Å². The quantitative estimate of drug-likeness (QED) is 0.534. The van der Waals surface area contributed by atoms with Gasteiger partial charge in [0, 0.05) is 30.4 Å². The summed E-state index contributed by atoms with van der Waals surface area (Å²) < 4.78 is 27.1. The van der Waals surface area contributed by atoms with Gasteiger partial charge in [-0.1, -0.05) is 29.8 Å². The van der Waals surface area contributed by atoms with Crippen LogP contribution in [0.2, 0.25) is 0 Å². The van der Waals surface area contributed by atoms with Crippen molar-refractivity contribution >= 4 is 29.1 Å². The van der Waals surface area contributed by atoms with E-state index in [1.165, 1.54) is 11.0 Å². The number of nitriles is 1. The molecule has 2 aliphatic rings. The van der Waals surface area contributed by atoms with Crippen LogP contribution in [-0.4, -0.2) is 35.2 Å². The molecule has 0 radical (unpaired) electrons. The Morgan fingerprint density at radius 1 is 1.24 bits per heavy atom. The van der Waals surface area contributed by atoms with Crippen molar-refractivity contribution in [3.63, 3.8) is 0 Å². The fraction of sp³-hybridized carbons (Fsp3) is 0.280. The largest absolute Gasteiger partial charge is 0.325 e. The number of benzene rings is 2. The van der Waals surface area contributed by atoms with Gasteiger partial charge in [0.15, 0.2) is 0 Å². The molecule has 2 heterocycles. The lowest BCUT2D eigenvalue weighted by molar-refractivity contribution is -0.138. The maximum Gasteiger partial charge on any atom is 0.240 e. The predicted octanol–water partition coefficient (Wildman–Crippen LogP) is 3.50. The number of anilines is 2. The van der Waals surface area contributed by atoms with Crippen LogP contribution in [-0.2, 0) is 19.8 Å². The molecule has 3 amide bonds. The van der Waals surface area contributed by atoms with E-state index < -0.39 is 40.8 Å². The van der Waals surface area contributed by atoms with E-state index in [0.717, 1.165) is 12.1 Å². The zero-order valence-electron chi connectivity index (χ0n) is 18.6. The third-order valence-electron chi connectivity index (χ3n) is 6.09. The van der Waals surface area contributed by atoms with Crippen LogP contribution in [0.25, 0.3) is 0 Å². The molecular weight excluding hydrogens is 442 g/mol. The Bertz CT molecular complexity index is 1240. The number of rotatable bonds is 4. The van der Waals surface area contributed by atoms with Gasteiger partial charge in [-0.3, -0.25) is 14.4 Å². The first-order valence-corrected chi connectivity index (χ1v) is 10.7. The van der Waals surface area contributed by atoms with E-state index in [4.69, 9.17) is 0 Å². The number of nitrogens with one attached hydrogen (secondary N) is 2. The zero-order chi connectivity index (χ0) is 24.6. The van der Waals surface area contributed by atoms with Gasteiger partial charge in [-0.2, -0.15) is 5.26 Å². The number of carbonyl (C=O) groups is 3. The summed E-state index contributed by atoms with van der Waals surface area (Å²) in [5.41, 5.74) is 0.760. The Kier molecular flexibility index (Phi) is 5.92. The van der Waals surface area contributed by atoms with Gasteiger partial charge in [-0.15, -0.1) is 0 Å². The average Bonchev–Trinajstić information content (AvgIpc) is 3.29. The van der Waals surface area contributed by atoms with Crippen LogP contribution in [0.1, 0.15) is 25.8 Å². The molecule has 0 aliphatic carbocycles. The van der Waals surface area contributed by atoms with Crippen LogP contribution in [0.15, 0.2) is 54.1 Å². The second-order valence-electron chi connectivity index (χ2n) is 8.77. The number of likely N-dealkylation sites (tertiary alicyclic amines) is 1. The summed E-state index contributed by atoms with van der Waals surface area (Å²) in [7, 11) is 0. The monoisotopic (exact) mass is 464 g/mol. The van der Waals surface area contributed by atoms with Crippen LogP contribution in [0.3, 0.4) is 0 Å². The molecule has 1 saturated heterocycles. The lowest BCUT2D eigenvalue weighted by Crippen LogP contribution is -2.45. The van der Waals surface area contributed by atoms with Gasteiger partial charge in [0.2, 0.25) is 17.7 Å². The highest BCUT2D eigenvalue weighted by atomic mass is 19.1. The first kappa shape index (κ1) is 23.1. The SMILES string of the molecule is CC(C)=C[C@@H](C(=O)Nc1cc(F)cc(F)c1)C(=O)N1C[C@]2(C[C@H]1C#N)C(=O)Nc1ccccc12. The first-order valence-electron chi connectivity index (χ1n) is 10.7. The summed E-state index contributed by atoms with van der Waals surface area (Å²) in [6.07, 6.45) is 1.52. The van der Waals surface area contributed by atoms with Crippen LogP contribution < -0.4 is 10.6 Å². The fourth-order valence-corrected chi connectivity index (χ4v) is 4.60. The summed E-state index contributed by atoms with van der Waals surface area (Å²) in [5, 5.41) is 15.0. The van der Waals surface area contributed by atoms with Gasteiger partial charge in [0.05, 0.1) is 11.5 Å². The van der Waals surface area contributed by atoms with Gasteiger partial charge < -0.3 is 15.5 Å². The maximum absolute atomic E-state index is 13.6. The van der Waals surface area contributed by atoms with Crippen LogP contribution in [0.5, 0.6) is 0 Å². The molecule has 4 rings (SSSR count). The zero-order valence-corrected chi connectivity index (χ0v) is 18.6. The molecule has 2 aliphatic heterocycles. The summed E-state index contributed by atoms with van der Waals surface area (Å²) >= 11 is 0. The molecule has 1 fully saturated rings. The van der Waals surface area contributed by atoms with Gasteiger partial charge in [0.1, 0.15) is 23.6 Å². The van der Waals surface area contributed by atoms with Gasteiger partial charge in [-0.05, 0) is 37.6 Å². The summed E-state index contributed by atoms with van der Waals surface area (Å²) in [6, 6.07) is 10.8. The Morgan fingerprint density at radius 2 is 1.91 bits per heavy atom. The average molecular weight is 464 g/mol. The first-order chi connectivity index (χ1) is 16.1. The van der Waals surface area contributed by atoms with Crippen molar-refractivity contribution in [3.05, 3.63) is 71.3 Å². The molecule has 2 N–H and O–H groups in total. The Balaban J connectivity index is 1.65. The highest BCUT2D eigenvalue weighted by Crippen LogP contribution is 2.46. The number of carbonyl (C=O) groups excluding carboxylic acids is 3. The van der Waals surface area contributed by atoms with E-state index in [0.29, 0.717) is 22.9 Å². The highest BCUT2D eigenvalue weighted by molar-refractivity contribution is 6.10. The van der Waals surface area contributed by atoms with Gasteiger partial charge in [-0.25, -0.2) is 8.78 Å². The minimum atomic E-state index is -1.36. The van der Waals surface area contributed by atoms with Crippen molar-refractivity contribution in [3.8, 4) is 6.07 Å². The molecule has 1 spiro atoms. The van der Waals surface area contributed by atoms with E-state index in [-0.39, 0.29) is 24.6 Å². The van der Waals surface area contributed by atoms with Crippen molar-refractivity contribution in [1.29, 1.82) is 5.26 Å². The van der Waals surface area contributed by atoms with Crippen LogP contribution in [0.4, 0.5) is 20.2 Å². The van der Waals surface area contributed by atoms with Crippen molar-refractivity contribution in [2.45, 2.75) is 31.7 Å². The number of hydrogen-bond acceptors (Lipinski definition) is 4. The fourth-order valence-electron chi connectivity index (χ4n) is 4.60. The minimum Gasteiger partial charge on any atom is -0.325 e. The topological polar surface area (TPSA) is 102 Å². The van der Waals surface area contributed by atoms with E-state index in [9.17, 15) is 28.4 Å². The molecule has 9 heteroatoms. The van der Waals surface area contributed by atoms with E-state index >= 15 is 0 Å². The number of para-hydroxylation sites is 1. The second-order valence-corrected chi connectivity index (χ2v) is 8.77. The predicted molar refractivity (Wildman–Crippen MR) is 120 cm³/mol. The standard InChI is InChI=1S/C25H22F2N4O3/c1-14(2)7-19(22(32)29-17-9-15(26)8-16(27)10-17)23(33)31-13-25(11-18(31)12-28)20-5-3-4-6-21(20)30-24(25)34/h3-10,18-19H,11,13H2,1-2H3,(H,29,32)(H,30,34)/t18-,19-,25-/m0/s1. The van der Waals surface area contributed by atoms with E-state index in [1.807, 2.05) is 0 Å². The Hall–Kier alpha value is -4.06. The Morgan fingerprint density at radius 3 is 2.56 bits per heavy atom. The van der Waals surface area contributed by atoms with Crippen LogP contribution >= 0.6 is 0 Å². The maximum atomic E-state index is 13.6. The van der Waals surface area contributed by atoms with Gasteiger partial charge in [0.25, 0.3) is 0 Å². The van der Waals surface area contributed by atoms with Crippen molar-refractivity contribution < 1.29 is 23.2 Å². The molecule has 174 valence electrons. The normalized spacial score (nSPS) is 21.4. The smallest absolute Gasteiger partial charge is 0.240 e. The third-order valence-corrected chi connectivity index (χ3v) is 6.09. The molecule has 0 saturated carbocycles. The van der Waals surface area contributed by atoms with Crippen molar-refractivity contribution in [1.82, 2.24) is 4.90 Å². The Labute approximate surface area is 195 Å². The molecule has 0 unspecified atom stereocenters. The molecule has 3 atom stereocenters. The number of nitrogens with zero attached hydrogens (tertiary/aromatic N) is 2. The number of amides is 3. The highest BCUT2D eigenvalue weighted by Gasteiger charge is 2.56. The summed E-state index contributed by atoms with van der Waals surface area (Å²) in [5.74, 6) is -4.89. The molecule has 2 aromatic carbocycles. The number of halogens is 2. The number of allylic oxidation sites excluding steroid dienone is 1.